The van der Waals surface area contributed by atoms with E-state index in [1.54, 1.807) is 32.2 Å². The normalized spacial score (nSPS) is 43.2. The lowest BCUT2D eigenvalue weighted by Crippen LogP contribution is -2.69. The quantitative estimate of drug-likeness (QED) is 0.283. The van der Waals surface area contributed by atoms with E-state index >= 15 is 4.39 Å². The van der Waals surface area contributed by atoms with Gasteiger partial charge in [0.1, 0.15) is 5.60 Å². The van der Waals surface area contributed by atoms with Crippen molar-refractivity contribution in [2.75, 3.05) is 6.61 Å². The molecule has 198 valence electrons. The fourth-order valence-corrected chi connectivity index (χ4v) is 8.13. The number of carbonyl (C=O) groups excluding carboxylic acids is 3. The highest BCUT2D eigenvalue weighted by Crippen LogP contribution is 2.70. The number of fused-ring (bicyclic) bond motifs is 5. The molecule has 3 fully saturated rings. The maximum absolute atomic E-state index is 17.2. The molecule has 3 saturated carbocycles. The minimum absolute atomic E-state index is 0.104. The lowest BCUT2D eigenvalue weighted by molar-refractivity contribution is -0.220. The maximum atomic E-state index is 17.2. The molecule has 0 radical (unpaired) electrons. The molecule has 36 heavy (non-hydrogen) atoms. The Balaban J connectivity index is 1.57. The average molecular weight is 521 g/mol. The van der Waals surface area contributed by atoms with E-state index in [1.165, 1.54) is 12.2 Å². The molecule has 0 aliphatic heterocycles. The van der Waals surface area contributed by atoms with Crippen molar-refractivity contribution in [3.05, 3.63) is 23.8 Å². The monoisotopic (exact) mass is 520 g/mol. The molecule has 0 bridgehead atoms. The molecule has 8 atom stereocenters. The highest BCUT2D eigenvalue weighted by atomic mass is 32.1. The smallest absolute Gasteiger partial charge is 0.306 e. The van der Waals surface area contributed by atoms with Crippen LogP contribution in [0.2, 0.25) is 0 Å². The minimum Gasteiger partial charge on any atom is -0.458 e. The van der Waals surface area contributed by atoms with Crippen LogP contribution in [0.5, 0.6) is 0 Å². The number of ether oxygens (including phenoxy) is 1. The number of aliphatic hydroxyl groups excluding tert-OH is 1. The van der Waals surface area contributed by atoms with Gasteiger partial charge in [-0.3, -0.25) is 14.4 Å². The van der Waals surface area contributed by atoms with Gasteiger partial charge in [0, 0.05) is 23.2 Å². The third-order valence-electron chi connectivity index (χ3n) is 9.96. The summed E-state index contributed by atoms with van der Waals surface area (Å²) in [7, 11) is 0. The van der Waals surface area contributed by atoms with Gasteiger partial charge in [-0.05, 0) is 81.2 Å². The standard InChI is InChI=1S/C28H37FO6S/c1-17-13-21-20-9-8-18-14-19(30)10-11-25(18,2)27(20,29)22(31)15-26(21,3)28(17,34)23(32)16-35-24(33)7-5-4-6-12-36/h10-12,14,17,20-22,31,34H,4-9,13,15-16H2,1-3H3/t17-,20+,21+,22+,25+,26+,27+,28+/m1/s1. The van der Waals surface area contributed by atoms with Crippen molar-refractivity contribution in [1.29, 1.82) is 0 Å². The number of carbonyl (C=O) groups is 3. The second kappa shape index (κ2) is 9.52. The van der Waals surface area contributed by atoms with Gasteiger partial charge in [-0.25, -0.2) is 4.39 Å². The first-order valence-corrected chi connectivity index (χ1v) is 13.5. The Bertz CT molecular complexity index is 1020. The number of rotatable bonds is 8. The number of thiocarbonyl (C=S) groups is 1. The van der Waals surface area contributed by atoms with E-state index in [4.69, 9.17) is 17.0 Å². The van der Waals surface area contributed by atoms with Crippen LogP contribution in [-0.4, -0.2) is 57.1 Å². The lowest BCUT2D eigenvalue weighted by atomic mass is 9.44. The zero-order valence-electron chi connectivity index (χ0n) is 21.3. The first-order valence-electron chi connectivity index (χ1n) is 13.0. The lowest BCUT2D eigenvalue weighted by Gasteiger charge is -2.62. The van der Waals surface area contributed by atoms with Crippen molar-refractivity contribution in [3.63, 3.8) is 0 Å². The fourth-order valence-electron chi connectivity index (χ4n) is 7.97. The Morgan fingerprint density at radius 2 is 2.00 bits per heavy atom. The molecule has 8 heteroatoms. The Morgan fingerprint density at radius 1 is 1.28 bits per heavy atom. The molecule has 0 saturated heterocycles. The molecule has 0 spiro atoms. The van der Waals surface area contributed by atoms with Crippen molar-refractivity contribution in [1.82, 2.24) is 0 Å². The average Bonchev–Trinajstić information content (AvgIpc) is 3.03. The maximum Gasteiger partial charge on any atom is 0.306 e. The van der Waals surface area contributed by atoms with Crippen LogP contribution < -0.4 is 0 Å². The van der Waals surface area contributed by atoms with Crippen LogP contribution in [0.15, 0.2) is 23.8 Å². The van der Waals surface area contributed by atoms with Crippen molar-refractivity contribution in [3.8, 4) is 0 Å². The summed E-state index contributed by atoms with van der Waals surface area (Å²) < 4.78 is 22.4. The van der Waals surface area contributed by atoms with Gasteiger partial charge in [0.2, 0.25) is 5.78 Å². The molecule has 0 aromatic heterocycles. The van der Waals surface area contributed by atoms with Gasteiger partial charge in [-0.1, -0.05) is 37.7 Å². The Morgan fingerprint density at radius 3 is 2.69 bits per heavy atom. The van der Waals surface area contributed by atoms with Crippen LogP contribution in [0, 0.1) is 28.6 Å². The molecule has 0 aromatic carbocycles. The second-order valence-electron chi connectivity index (χ2n) is 11.7. The summed E-state index contributed by atoms with van der Waals surface area (Å²) >= 11 is 4.77. The van der Waals surface area contributed by atoms with E-state index in [0.29, 0.717) is 31.3 Å². The SMILES string of the molecule is C[C@@H]1C[C@H]2[C@@H]3CCC4=CC(=O)C=C[C@]4(C)[C@@]3(F)[C@@H](O)C[C@]2(C)[C@@]1(O)C(=O)COC(=O)CCCCC=S. The molecule has 0 heterocycles. The number of unbranched alkanes of at least 4 members (excludes halogenated alkanes) is 2. The molecule has 4 rings (SSSR count). The molecule has 4 aliphatic rings. The molecule has 4 aliphatic carbocycles. The first-order chi connectivity index (χ1) is 16.9. The van der Waals surface area contributed by atoms with Crippen molar-refractivity contribution in [2.45, 2.75) is 89.5 Å². The zero-order chi connectivity index (χ0) is 26.5. The van der Waals surface area contributed by atoms with Gasteiger partial charge < -0.3 is 14.9 Å². The largest absolute Gasteiger partial charge is 0.458 e. The summed E-state index contributed by atoms with van der Waals surface area (Å²) in [6.45, 7) is 4.73. The van der Waals surface area contributed by atoms with Crippen LogP contribution in [0.1, 0.15) is 72.1 Å². The summed E-state index contributed by atoms with van der Waals surface area (Å²) in [5.41, 5.74) is -5.40. The van der Waals surface area contributed by atoms with E-state index in [9.17, 15) is 24.6 Å². The van der Waals surface area contributed by atoms with Gasteiger partial charge in [-0.2, -0.15) is 0 Å². The molecule has 0 amide bonds. The molecular weight excluding hydrogens is 483 g/mol. The van der Waals surface area contributed by atoms with Gasteiger partial charge >= 0.3 is 5.97 Å². The number of ketones is 2. The number of aliphatic hydroxyl groups is 2. The number of hydrogen-bond acceptors (Lipinski definition) is 7. The van der Waals surface area contributed by atoms with Crippen LogP contribution in [0.25, 0.3) is 0 Å². The topological polar surface area (TPSA) is 101 Å². The van der Waals surface area contributed by atoms with Gasteiger partial charge in [0.05, 0.1) is 6.10 Å². The molecular formula is C28H37FO6S. The molecule has 0 aromatic rings. The summed E-state index contributed by atoms with van der Waals surface area (Å²) in [4.78, 5) is 37.5. The van der Waals surface area contributed by atoms with E-state index in [1.807, 2.05) is 0 Å². The number of halogens is 1. The Kier molecular flexibility index (Phi) is 7.21. The second-order valence-corrected chi connectivity index (χ2v) is 12.0. The highest BCUT2D eigenvalue weighted by Gasteiger charge is 2.75. The van der Waals surface area contributed by atoms with Crippen molar-refractivity contribution < 1.29 is 33.7 Å². The molecule has 2 N–H and O–H groups in total. The number of hydrogen-bond donors (Lipinski definition) is 2. The summed E-state index contributed by atoms with van der Waals surface area (Å²) in [6.07, 6.45) is 6.51. The third-order valence-corrected chi connectivity index (χ3v) is 10.2. The number of alkyl halides is 1. The molecule has 0 unspecified atom stereocenters. The number of allylic oxidation sites excluding steroid dienone is 4. The third kappa shape index (κ3) is 3.78. The van der Waals surface area contributed by atoms with Crippen molar-refractivity contribution in [2.24, 2.45) is 28.6 Å². The van der Waals surface area contributed by atoms with E-state index in [0.717, 1.165) is 12.8 Å². The van der Waals surface area contributed by atoms with Crippen molar-refractivity contribution >= 4 is 35.1 Å². The Hall–Kier alpha value is -1.77. The zero-order valence-corrected chi connectivity index (χ0v) is 22.1. The minimum atomic E-state index is -2.03. The number of esters is 1. The van der Waals surface area contributed by atoms with Gasteiger partial charge in [0.25, 0.3) is 0 Å². The van der Waals surface area contributed by atoms with Gasteiger partial charge in [-0.15, -0.1) is 0 Å². The predicted octanol–water partition coefficient (Wildman–Crippen LogP) is 4.01. The first kappa shape index (κ1) is 27.3. The van der Waals surface area contributed by atoms with Gasteiger partial charge in [0.15, 0.2) is 18.1 Å². The summed E-state index contributed by atoms with van der Waals surface area (Å²) in [6, 6.07) is 0. The predicted molar refractivity (Wildman–Crippen MR) is 136 cm³/mol. The van der Waals surface area contributed by atoms with E-state index in [-0.39, 0.29) is 24.5 Å². The van der Waals surface area contributed by atoms with Crippen LogP contribution in [-0.2, 0) is 19.1 Å². The van der Waals surface area contributed by atoms with Crippen LogP contribution in [0.4, 0.5) is 4.39 Å². The fraction of sp³-hybridized carbons (Fsp3) is 0.714. The summed E-state index contributed by atoms with van der Waals surface area (Å²) in [5, 5.41) is 24.9. The summed E-state index contributed by atoms with van der Waals surface area (Å²) in [5.74, 6) is -2.74. The molecule has 6 nitrogen and oxygen atoms in total. The highest BCUT2D eigenvalue weighted by molar-refractivity contribution is 7.78. The van der Waals surface area contributed by atoms with E-state index < -0.39 is 58.4 Å². The van der Waals surface area contributed by atoms with E-state index in [2.05, 4.69) is 0 Å². The Labute approximate surface area is 217 Å². The van der Waals surface area contributed by atoms with Crippen LogP contribution in [0.3, 0.4) is 0 Å². The van der Waals surface area contributed by atoms with Crippen LogP contribution >= 0.6 is 12.2 Å². The number of Topliss-reactive ketones (excluding diaryl/α,β-unsaturated/α-hetero) is 1.